The minimum absolute atomic E-state index is 0.328. The quantitative estimate of drug-likeness (QED) is 0.702. The molecule has 0 unspecified atom stereocenters. The molecule has 0 saturated heterocycles. The Hall–Kier alpha value is -3.15. The number of amides is 2. The summed E-state index contributed by atoms with van der Waals surface area (Å²) in [5.74, 6) is -0.926. The van der Waals surface area contributed by atoms with Gasteiger partial charge in [-0.3, -0.25) is 9.59 Å². The second kappa shape index (κ2) is 5.09. The Labute approximate surface area is 120 Å². The SMILES string of the molecule is NC(=O)C=CC1=NNC(=O)/C1=C1/C=Cc2ccccc2N1. The molecule has 0 fully saturated rings. The fraction of sp³-hybridized carbons (Fsp3) is 0. The zero-order chi connectivity index (χ0) is 14.8. The number of benzene rings is 1. The van der Waals surface area contributed by atoms with Gasteiger partial charge in [0.1, 0.15) is 0 Å². The monoisotopic (exact) mass is 280 g/mol. The van der Waals surface area contributed by atoms with E-state index in [0.29, 0.717) is 17.0 Å². The van der Waals surface area contributed by atoms with Crippen LogP contribution in [-0.4, -0.2) is 17.5 Å². The number of hydrazone groups is 1. The summed E-state index contributed by atoms with van der Waals surface area (Å²) in [6.07, 6.45) is 6.30. The molecule has 0 radical (unpaired) electrons. The third-order valence-electron chi connectivity index (χ3n) is 3.10. The Morgan fingerprint density at radius 1 is 1.24 bits per heavy atom. The highest BCUT2D eigenvalue weighted by molar-refractivity contribution is 6.30. The van der Waals surface area contributed by atoms with Gasteiger partial charge in [-0.05, 0) is 23.8 Å². The topological polar surface area (TPSA) is 96.6 Å². The highest BCUT2D eigenvalue weighted by Gasteiger charge is 2.25. The number of anilines is 1. The molecule has 1 aromatic rings. The van der Waals surface area contributed by atoms with Crippen molar-refractivity contribution in [2.24, 2.45) is 10.8 Å². The molecule has 2 amide bonds. The molecule has 2 heterocycles. The van der Waals surface area contributed by atoms with E-state index in [0.717, 1.165) is 11.3 Å². The molecule has 6 nitrogen and oxygen atoms in total. The Morgan fingerprint density at radius 2 is 2.05 bits per heavy atom. The Balaban J connectivity index is 2.00. The fourth-order valence-corrected chi connectivity index (χ4v) is 2.14. The van der Waals surface area contributed by atoms with Crippen molar-refractivity contribution in [1.29, 1.82) is 0 Å². The Morgan fingerprint density at radius 3 is 2.86 bits per heavy atom. The molecule has 4 N–H and O–H groups in total. The third kappa shape index (κ3) is 2.46. The number of hydrogen-bond donors (Lipinski definition) is 3. The average molecular weight is 280 g/mol. The van der Waals surface area contributed by atoms with E-state index in [1.807, 2.05) is 30.3 Å². The van der Waals surface area contributed by atoms with Gasteiger partial charge in [-0.25, -0.2) is 5.43 Å². The highest BCUT2D eigenvalue weighted by Crippen LogP contribution is 2.26. The van der Waals surface area contributed by atoms with Crippen molar-refractivity contribution in [2.45, 2.75) is 0 Å². The van der Waals surface area contributed by atoms with Gasteiger partial charge in [0.2, 0.25) is 5.91 Å². The van der Waals surface area contributed by atoms with E-state index in [1.165, 1.54) is 12.2 Å². The number of nitrogens with zero attached hydrogens (tertiary/aromatic N) is 1. The second-order valence-electron chi connectivity index (χ2n) is 4.51. The number of nitrogens with two attached hydrogens (primary N) is 1. The zero-order valence-electron chi connectivity index (χ0n) is 11.0. The van der Waals surface area contributed by atoms with Gasteiger partial charge in [-0.1, -0.05) is 24.3 Å². The predicted molar refractivity (Wildman–Crippen MR) is 80.0 cm³/mol. The second-order valence-corrected chi connectivity index (χ2v) is 4.51. The first-order chi connectivity index (χ1) is 10.1. The van der Waals surface area contributed by atoms with Crippen molar-refractivity contribution in [2.75, 3.05) is 5.32 Å². The first-order valence-electron chi connectivity index (χ1n) is 6.29. The molecule has 0 aromatic heterocycles. The lowest BCUT2D eigenvalue weighted by atomic mass is 10.0. The van der Waals surface area contributed by atoms with Gasteiger partial charge in [0, 0.05) is 11.8 Å². The van der Waals surface area contributed by atoms with E-state index >= 15 is 0 Å². The van der Waals surface area contributed by atoms with Gasteiger partial charge >= 0.3 is 0 Å². The molecular weight excluding hydrogens is 268 g/mol. The van der Waals surface area contributed by atoms with Crippen LogP contribution in [0.4, 0.5) is 5.69 Å². The summed E-state index contributed by atoms with van der Waals surface area (Å²) in [4.78, 5) is 22.7. The molecule has 2 aliphatic heterocycles. The molecule has 21 heavy (non-hydrogen) atoms. The number of allylic oxidation sites excluding steroid dienone is 2. The maximum Gasteiger partial charge on any atom is 0.275 e. The Bertz CT molecular complexity index is 757. The van der Waals surface area contributed by atoms with E-state index in [1.54, 1.807) is 6.08 Å². The predicted octanol–water partition coefficient (Wildman–Crippen LogP) is 0.907. The number of carbonyl (C=O) groups is 2. The molecule has 3 rings (SSSR count). The lowest BCUT2D eigenvalue weighted by molar-refractivity contribution is -0.116. The van der Waals surface area contributed by atoms with Crippen molar-refractivity contribution < 1.29 is 9.59 Å². The molecule has 1 aromatic carbocycles. The fourth-order valence-electron chi connectivity index (χ4n) is 2.14. The van der Waals surface area contributed by atoms with Crippen LogP contribution in [0.15, 0.2) is 58.9 Å². The van der Waals surface area contributed by atoms with Crippen LogP contribution < -0.4 is 16.5 Å². The minimum Gasteiger partial charge on any atom is -0.366 e. The highest BCUT2D eigenvalue weighted by atomic mass is 16.2. The number of primary amides is 1. The molecule has 0 saturated carbocycles. The minimum atomic E-state index is -0.598. The van der Waals surface area contributed by atoms with Crippen molar-refractivity contribution in [1.82, 2.24) is 5.43 Å². The summed E-state index contributed by atoms with van der Waals surface area (Å²) < 4.78 is 0. The first-order valence-corrected chi connectivity index (χ1v) is 6.29. The number of para-hydroxylation sites is 1. The number of hydrogen-bond acceptors (Lipinski definition) is 4. The molecular formula is C15H12N4O2. The molecule has 0 bridgehead atoms. The van der Waals surface area contributed by atoms with Crippen LogP contribution in [0.3, 0.4) is 0 Å². The summed E-state index contributed by atoms with van der Waals surface area (Å²) >= 11 is 0. The molecule has 6 heteroatoms. The first kappa shape index (κ1) is 12.9. The van der Waals surface area contributed by atoms with E-state index in [4.69, 9.17) is 5.73 Å². The summed E-state index contributed by atoms with van der Waals surface area (Å²) in [6.45, 7) is 0. The maximum atomic E-state index is 11.9. The summed E-state index contributed by atoms with van der Waals surface area (Å²) in [5, 5.41) is 7.08. The van der Waals surface area contributed by atoms with Gasteiger partial charge in [0.25, 0.3) is 5.91 Å². The molecule has 104 valence electrons. The maximum absolute atomic E-state index is 11.9. The molecule has 0 aliphatic carbocycles. The van der Waals surface area contributed by atoms with Crippen molar-refractivity contribution >= 4 is 29.3 Å². The lowest BCUT2D eigenvalue weighted by Gasteiger charge is -2.16. The van der Waals surface area contributed by atoms with Crippen molar-refractivity contribution in [3.8, 4) is 0 Å². The van der Waals surface area contributed by atoms with Gasteiger partial charge in [0.15, 0.2) is 0 Å². The van der Waals surface area contributed by atoms with E-state index in [2.05, 4.69) is 15.8 Å². The number of rotatable bonds is 2. The van der Waals surface area contributed by atoms with E-state index in [-0.39, 0.29) is 5.91 Å². The van der Waals surface area contributed by atoms with Crippen LogP contribution in [0.2, 0.25) is 0 Å². The van der Waals surface area contributed by atoms with Crippen LogP contribution in [0.5, 0.6) is 0 Å². The normalized spacial score (nSPS) is 20.0. The number of carbonyl (C=O) groups excluding carboxylic acids is 2. The van der Waals surface area contributed by atoms with Gasteiger partial charge in [0.05, 0.1) is 17.0 Å². The largest absolute Gasteiger partial charge is 0.366 e. The van der Waals surface area contributed by atoms with Gasteiger partial charge in [-0.2, -0.15) is 5.10 Å². The molecule has 2 aliphatic rings. The summed E-state index contributed by atoms with van der Waals surface area (Å²) in [6, 6.07) is 7.73. The lowest BCUT2D eigenvalue weighted by Crippen LogP contribution is -2.18. The number of fused-ring (bicyclic) bond motifs is 1. The zero-order valence-corrected chi connectivity index (χ0v) is 11.0. The van der Waals surface area contributed by atoms with Crippen molar-refractivity contribution in [3.63, 3.8) is 0 Å². The standard InChI is InChI=1S/C15H12N4O2/c16-13(20)8-7-12-14(15(21)19-18-12)11-6-5-9-3-1-2-4-10(9)17-11/h1-8,17H,(H2,16,20)(H,19,21)/b8-7?,14-11-. The summed E-state index contributed by atoms with van der Waals surface area (Å²) in [7, 11) is 0. The third-order valence-corrected chi connectivity index (χ3v) is 3.10. The van der Waals surface area contributed by atoms with E-state index < -0.39 is 5.91 Å². The molecule has 0 atom stereocenters. The van der Waals surface area contributed by atoms with Crippen LogP contribution in [0.1, 0.15) is 5.56 Å². The van der Waals surface area contributed by atoms with Gasteiger partial charge in [-0.15, -0.1) is 0 Å². The molecule has 0 spiro atoms. The van der Waals surface area contributed by atoms with Gasteiger partial charge < -0.3 is 11.1 Å². The van der Waals surface area contributed by atoms with E-state index in [9.17, 15) is 9.59 Å². The van der Waals surface area contributed by atoms with Crippen LogP contribution in [0.25, 0.3) is 6.08 Å². The van der Waals surface area contributed by atoms with Crippen LogP contribution in [0, 0.1) is 0 Å². The van der Waals surface area contributed by atoms with Crippen LogP contribution >= 0.6 is 0 Å². The summed E-state index contributed by atoms with van der Waals surface area (Å²) in [5.41, 5.74) is 10.7. The average Bonchev–Trinajstić information content (AvgIpc) is 2.85. The number of nitrogens with one attached hydrogen (secondary N) is 2. The van der Waals surface area contributed by atoms with Crippen molar-refractivity contribution in [3.05, 3.63) is 59.3 Å². The Kier molecular flexibility index (Phi) is 3.12. The van der Waals surface area contributed by atoms with Crippen LogP contribution in [-0.2, 0) is 9.59 Å². The smallest absolute Gasteiger partial charge is 0.275 e.